The second kappa shape index (κ2) is 4.76. The van der Waals surface area contributed by atoms with Gasteiger partial charge in [-0.05, 0) is 7.05 Å². The Labute approximate surface area is 48.8 Å². The summed E-state index contributed by atoms with van der Waals surface area (Å²) in [6.45, 7) is 2.79. The molecule has 0 unspecified atom stereocenters. The van der Waals surface area contributed by atoms with Crippen molar-refractivity contribution in [1.82, 2.24) is 0 Å². The van der Waals surface area contributed by atoms with Gasteiger partial charge in [-0.15, -0.1) is 0 Å². The summed E-state index contributed by atoms with van der Waals surface area (Å²) in [6, 6.07) is 0. The van der Waals surface area contributed by atoms with E-state index in [0.29, 0.717) is 5.41 Å². The highest BCUT2D eigenvalue weighted by Gasteiger charge is 1.87. The van der Waals surface area contributed by atoms with Crippen molar-refractivity contribution in [3.63, 3.8) is 0 Å². The van der Waals surface area contributed by atoms with Gasteiger partial charge in [-0.3, -0.25) is 4.55 Å². The quantitative estimate of drug-likeness (QED) is 0.484. The van der Waals surface area contributed by atoms with E-state index in [2.05, 4.69) is 12.3 Å². The van der Waals surface area contributed by atoms with Gasteiger partial charge in [0.1, 0.15) is 0 Å². The van der Waals surface area contributed by atoms with E-state index in [1.165, 1.54) is 7.05 Å². The Kier molecular flexibility index (Phi) is 6.29. The van der Waals surface area contributed by atoms with Gasteiger partial charge in [0.2, 0.25) is 0 Å². The maximum atomic E-state index is 9.44. The molecule has 4 nitrogen and oxygen atoms in total. The predicted molar refractivity (Wildman–Crippen MR) is 31.9 cm³/mol. The van der Waals surface area contributed by atoms with Crippen molar-refractivity contribution in [2.24, 2.45) is 5.73 Å². The molecule has 0 aliphatic heterocycles. The zero-order valence-corrected chi connectivity index (χ0v) is 5.35. The first-order valence-corrected chi connectivity index (χ1v) is 3.24. The normalized spacial score (nSPS) is 8.88. The van der Waals surface area contributed by atoms with Gasteiger partial charge in [-0.1, -0.05) is 6.58 Å². The molecule has 0 aromatic heterocycles. The van der Waals surface area contributed by atoms with Crippen LogP contribution in [0.2, 0.25) is 0 Å². The van der Waals surface area contributed by atoms with Crippen molar-refractivity contribution >= 4 is 10.1 Å². The molecule has 0 aliphatic rings. The fraction of sp³-hybridized carbons (Fsp3) is 0.333. The van der Waals surface area contributed by atoms with Crippen LogP contribution in [0, 0.1) is 0 Å². The van der Waals surface area contributed by atoms with Crippen LogP contribution >= 0.6 is 0 Å². The Balaban J connectivity index is 0. The lowest BCUT2D eigenvalue weighted by Crippen LogP contribution is -1.86. The Morgan fingerprint density at radius 2 is 1.75 bits per heavy atom. The third kappa shape index (κ3) is 17.5. The largest absolute Gasteiger partial charge is 0.333 e. The molecule has 0 aliphatic carbocycles. The van der Waals surface area contributed by atoms with E-state index in [1.54, 1.807) is 0 Å². The summed E-state index contributed by atoms with van der Waals surface area (Å²) in [5.41, 5.74) is 4.50. The van der Waals surface area contributed by atoms with Gasteiger partial charge >= 0.3 is 0 Å². The summed E-state index contributed by atoms with van der Waals surface area (Å²) < 4.78 is 26.6. The van der Waals surface area contributed by atoms with E-state index in [9.17, 15) is 8.42 Å². The fourth-order valence-electron chi connectivity index (χ4n) is 0. The third-order valence-corrected chi connectivity index (χ3v) is 0.632. The van der Waals surface area contributed by atoms with Crippen molar-refractivity contribution in [2.75, 3.05) is 7.05 Å². The Bertz CT molecular complexity index is 125. The summed E-state index contributed by atoms with van der Waals surface area (Å²) >= 11 is 0. The van der Waals surface area contributed by atoms with Crippen LogP contribution in [-0.2, 0) is 10.1 Å². The molecular weight excluding hydrogens is 130 g/mol. The monoisotopic (exact) mass is 139 g/mol. The SMILES string of the molecule is C=CS(=O)(=O)O.CN. The molecule has 0 saturated carbocycles. The zero-order chi connectivity index (χ0) is 7.21. The lowest BCUT2D eigenvalue weighted by molar-refractivity contribution is 0.494. The van der Waals surface area contributed by atoms with E-state index < -0.39 is 10.1 Å². The number of hydrogen-bond acceptors (Lipinski definition) is 3. The van der Waals surface area contributed by atoms with Gasteiger partial charge in [-0.25, -0.2) is 0 Å². The van der Waals surface area contributed by atoms with Gasteiger partial charge in [0, 0.05) is 0 Å². The fourth-order valence-corrected chi connectivity index (χ4v) is 0. The molecule has 0 atom stereocenters. The number of nitrogens with two attached hydrogens (primary N) is 1. The summed E-state index contributed by atoms with van der Waals surface area (Å²) in [4.78, 5) is 0. The third-order valence-electron chi connectivity index (χ3n) is 0.211. The maximum absolute atomic E-state index is 9.44. The molecule has 0 rings (SSSR count). The molecule has 0 bridgehead atoms. The summed E-state index contributed by atoms with van der Waals surface area (Å²) in [6.07, 6.45) is 0. The molecule has 5 heteroatoms. The number of hydrogen-bond donors (Lipinski definition) is 2. The van der Waals surface area contributed by atoms with Crippen LogP contribution in [0.15, 0.2) is 12.0 Å². The van der Waals surface area contributed by atoms with Gasteiger partial charge in [-0.2, -0.15) is 8.42 Å². The minimum absolute atomic E-state index is 0.465. The van der Waals surface area contributed by atoms with Gasteiger partial charge in [0.15, 0.2) is 0 Å². The van der Waals surface area contributed by atoms with Crippen molar-refractivity contribution in [3.8, 4) is 0 Å². The predicted octanol–water partition coefficient (Wildman–Crippen LogP) is -0.407. The molecule has 3 N–H and O–H groups in total. The Morgan fingerprint density at radius 1 is 1.62 bits per heavy atom. The molecule has 8 heavy (non-hydrogen) atoms. The van der Waals surface area contributed by atoms with Crippen LogP contribution in [0.1, 0.15) is 0 Å². The standard InChI is InChI=1S/C2H4O3S.CH5N/c1-2-6(3,4)5;1-2/h2H,1H2,(H,3,4,5);2H2,1H3. The second-order valence-electron chi connectivity index (χ2n) is 0.682. The Morgan fingerprint density at radius 3 is 1.75 bits per heavy atom. The average Bonchev–Trinajstić information content (AvgIpc) is 1.71. The van der Waals surface area contributed by atoms with Gasteiger partial charge in [0.05, 0.1) is 5.41 Å². The summed E-state index contributed by atoms with van der Waals surface area (Å²) in [5, 5.41) is 0.465. The van der Waals surface area contributed by atoms with Crippen molar-refractivity contribution in [3.05, 3.63) is 12.0 Å². The number of rotatable bonds is 1. The molecule has 50 valence electrons. The molecule has 0 heterocycles. The first kappa shape index (κ1) is 10.6. The molecule has 0 amide bonds. The first-order valence-electron chi connectivity index (χ1n) is 1.74. The van der Waals surface area contributed by atoms with Crippen LogP contribution in [0.25, 0.3) is 0 Å². The Hall–Kier alpha value is -0.390. The van der Waals surface area contributed by atoms with Crippen molar-refractivity contribution in [2.45, 2.75) is 0 Å². The molecule has 0 spiro atoms. The molecule has 0 aromatic rings. The lowest BCUT2D eigenvalue weighted by atomic mass is 11.3. The van der Waals surface area contributed by atoms with Crippen molar-refractivity contribution in [1.29, 1.82) is 0 Å². The van der Waals surface area contributed by atoms with Crippen LogP contribution in [0.3, 0.4) is 0 Å². The summed E-state index contributed by atoms with van der Waals surface area (Å²) in [5.74, 6) is 0. The minimum atomic E-state index is -3.90. The maximum Gasteiger partial charge on any atom is 0.287 e. The lowest BCUT2D eigenvalue weighted by Gasteiger charge is -1.73. The van der Waals surface area contributed by atoms with E-state index in [-0.39, 0.29) is 0 Å². The van der Waals surface area contributed by atoms with Crippen LogP contribution in [0.5, 0.6) is 0 Å². The average molecular weight is 139 g/mol. The summed E-state index contributed by atoms with van der Waals surface area (Å²) in [7, 11) is -2.40. The zero-order valence-electron chi connectivity index (χ0n) is 4.53. The van der Waals surface area contributed by atoms with Gasteiger partial charge in [0.25, 0.3) is 10.1 Å². The molecule has 0 aromatic carbocycles. The highest BCUT2D eigenvalue weighted by Crippen LogP contribution is 1.75. The topological polar surface area (TPSA) is 80.4 Å². The van der Waals surface area contributed by atoms with E-state index >= 15 is 0 Å². The first-order chi connectivity index (χ1) is 3.56. The van der Waals surface area contributed by atoms with Crippen LogP contribution in [0.4, 0.5) is 0 Å². The van der Waals surface area contributed by atoms with E-state index in [4.69, 9.17) is 4.55 Å². The van der Waals surface area contributed by atoms with Gasteiger partial charge < -0.3 is 5.73 Å². The van der Waals surface area contributed by atoms with Crippen LogP contribution in [-0.4, -0.2) is 20.0 Å². The molecule has 0 fully saturated rings. The van der Waals surface area contributed by atoms with E-state index in [0.717, 1.165) is 0 Å². The van der Waals surface area contributed by atoms with Crippen LogP contribution < -0.4 is 5.73 Å². The molecular formula is C3H9NO3S. The highest BCUT2D eigenvalue weighted by molar-refractivity contribution is 7.88. The highest BCUT2D eigenvalue weighted by atomic mass is 32.2. The minimum Gasteiger partial charge on any atom is -0.333 e. The van der Waals surface area contributed by atoms with E-state index in [1.807, 2.05) is 0 Å². The second-order valence-corrected chi connectivity index (χ2v) is 2.04. The smallest absolute Gasteiger partial charge is 0.287 e. The molecule has 0 radical (unpaired) electrons. The van der Waals surface area contributed by atoms with Crippen molar-refractivity contribution < 1.29 is 13.0 Å². The molecule has 0 saturated heterocycles.